The van der Waals surface area contributed by atoms with Gasteiger partial charge in [-0.2, -0.15) is 0 Å². The average Bonchev–Trinajstić information content (AvgIpc) is 3.29. The van der Waals surface area contributed by atoms with Crippen LogP contribution in [0, 0.1) is 5.92 Å². The minimum absolute atomic E-state index is 0.0326. The molecule has 4 rings (SSSR count). The molecule has 154 valence electrons. The molecule has 0 saturated carbocycles. The van der Waals surface area contributed by atoms with Crippen molar-refractivity contribution in [3.8, 4) is 0 Å². The van der Waals surface area contributed by atoms with Gasteiger partial charge < -0.3 is 20.1 Å². The van der Waals surface area contributed by atoms with Gasteiger partial charge in [0.25, 0.3) is 0 Å². The molecule has 0 spiro atoms. The third-order valence-electron chi connectivity index (χ3n) is 6.00. The van der Waals surface area contributed by atoms with Gasteiger partial charge >= 0.3 is 0 Å². The molecule has 2 fully saturated rings. The van der Waals surface area contributed by atoms with E-state index in [1.165, 1.54) is 6.07 Å². The number of piperidine rings is 1. The summed E-state index contributed by atoms with van der Waals surface area (Å²) in [5.74, 6) is 0.404. The fraction of sp³-hybridized carbons (Fsp3) is 0.500. The van der Waals surface area contributed by atoms with Gasteiger partial charge in [0, 0.05) is 37.3 Å². The van der Waals surface area contributed by atoms with Gasteiger partial charge in [-0.1, -0.05) is 12.1 Å². The number of pyridine rings is 1. The summed E-state index contributed by atoms with van der Waals surface area (Å²) in [6.45, 7) is 3.14. The Kier molecular flexibility index (Phi) is 5.94. The van der Waals surface area contributed by atoms with E-state index >= 15 is 0 Å². The van der Waals surface area contributed by atoms with Gasteiger partial charge in [-0.3, -0.25) is 14.4 Å². The summed E-state index contributed by atoms with van der Waals surface area (Å²) < 4.78 is 1.84. The van der Waals surface area contributed by atoms with Crippen molar-refractivity contribution in [3.63, 3.8) is 0 Å². The van der Waals surface area contributed by atoms with Gasteiger partial charge in [0.2, 0.25) is 11.8 Å². The summed E-state index contributed by atoms with van der Waals surface area (Å²) in [7, 11) is 0. The lowest BCUT2D eigenvalue weighted by Gasteiger charge is -2.33. The largest absolute Gasteiger partial charge is 0.354 e. The molecule has 0 bridgehead atoms. The van der Waals surface area contributed by atoms with Crippen molar-refractivity contribution < 1.29 is 9.59 Å². The van der Waals surface area contributed by atoms with Crippen LogP contribution in [0.15, 0.2) is 41.3 Å². The molecule has 7 nitrogen and oxygen atoms in total. The molecule has 2 saturated heterocycles. The maximum absolute atomic E-state index is 12.9. The van der Waals surface area contributed by atoms with Crippen LogP contribution >= 0.6 is 0 Å². The summed E-state index contributed by atoms with van der Waals surface area (Å²) in [4.78, 5) is 39.1. The van der Waals surface area contributed by atoms with Crippen molar-refractivity contribution in [2.45, 2.75) is 38.3 Å². The van der Waals surface area contributed by atoms with Crippen LogP contribution < -0.4 is 16.1 Å². The van der Waals surface area contributed by atoms with E-state index in [0.29, 0.717) is 18.5 Å². The van der Waals surface area contributed by atoms with Crippen LogP contribution in [-0.2, 0) is 16.1 Å². The maximum atomic E-state index is 12.9. The van der Waals surface area contributed by atoms with Gasteiger partial charge in [0.1, 0.15) is 6.54 Å². The molecule has 7 heteroatoms. The van der Waals surface area contributed by atoms with Crippen molar-refractivity contribution >= 4 is 22.7 Å². The number of amides is 2. The molecule has 2 unspecified atom stereocenters. The van der Waals surface area contributed by atoms with Crippen molar-refractivity contribution in [1.82, 2.24) is 20.1 Å². The van der Waals surface area contributed by atoms with E-state index in [4.69, 9.17) is 0 Å². The number of nitrogens with one attached hydrogen (secondary N) is 2. The fourth-order valence-electron chi connectivity index (χ4n) is 4.38. The van der Waals surface area contributed by atoms with Gasteiger partial charge in [-0.15, -0.1) is 0 Å². The van der Waals surface area contributed by atoms with Crippen LogP contribution in [0.2, 0.25) is 0 Å². The lowest BCUT2D eigenvalue weighted by Crippen LogP contribution is -2.47. The third kappa shape index (κ3) is 4.50. The minimum atomic E-state index is -0.0648. The second kappa shape index (κ2) is 8.78. The number of hydrogen-bond acceptors (Lipinski definition) is 4. The Labute approximate surface area is 170 Å². The van der Waals surface area contributed by atoms with Crippen molar-refractivity contribution in [3.05, 3.63) is 46.8 Å². The highest BCUT2D eigenvalue weighted by Crippen LogP contribution is 2.17. The minimum Gasteiger partial charge on any atom is -0.354 e. The lowest BCUT2D eigenvalue weighted by atomic mass is 9.97. The molecular weight excluding hydrogens is 368 g/mol. The van der Waals surface area contributed by atoms with E-state index in [1.54, 1.807) is 12.3 Å². The van der Waals surface area contributed by atoms with E-state index in [2.05, 4.69) is 10.6 Å². The highest BCUT2D eigenvalue weighted by atomic mass is 16.2. The first kappa shape index (κ1) is 19.6. The molecule has 2 aliphatic heterocycles. The van der Waals surface area contributed by atoms with Crippen molar-refractivity contribution in [2.24, 2.45) is 5.92 Å². The third-order valence-corrected chi connectivity index (χ3v) is 6.00. The fourth-order valence-corrected chi connectivity index (χ4v) is 4.38. The van der Waals surface area contributed by atoms with Crippen LogP contribution in [0.5, 0.6) is 0 Å². The maximum Gasteiger partial charge on any atom is 0.242 e. The highest BCUT2D eigenvalue weighted by Gasteiger charge is 2.26. The van der Waals surface area contributed by atoms with E-state index in [9.17, 15) is 14.4 Å². The Bertz CT molecular complexity index is 948. The van der Waals surface area contributed by atoms with Crippen molar-refractivity contribution in [1.29, 1.82) is 0 Å². The molecule has 0 radical (unpaired) electrons. The Morgan fingerprint density at radius 2 is 2.00 bits per heavy atom. The summed E-state index contributed by atoms with van der Waals surface area (Å²) in [5, 5.41) is 6.90. The predicted octanol–water partition coefficient (Wildman–Crippen LogP) is 1.11. The first-order valence-corrected chi connectivity index (χ1v) is 10.5. The normalized spacial score (nSPS) is 22.0. The summed E-state index contributed by atoms with van der Waals surface area (Å²) in [5.41, 5.74) is 0.744. The number of carbonyl (C=O) groups is 2. The highest BCUT2D eigenvalue weighted by molar-refractivity contribution is 5.83. The number of likely N-dealkylation sites (tertiary alicyclic amines) is 1. The van der Waals surface area contributed by atoms with Gasteiger partial charge in [0.05, 0.1) is 11.6 Å². The van der Waals surface area contributed by atoms with Gasteiger partial charge in [-0.25, -0.2) is 0 Å². The SMILES string of the molecule is O=C(NCC1CCCN(C(=O)Cn2ccc(=O)c3ccccc32)C1)C1CCCN1. The molecular formula is C22H28N4O3. The van der Waals surface area contributed by atoms with Crippen LogP contribution in [0.1, 0.15) is 25.7 Å². The van der Waals surface area contributed by atoms with Crippen LogP contribution in [-0.4, -0.2) is 53.5 Å². The number of fused-ring (bicyclic) bond motifs is 1. The number of aromatic nitrogens is 1. The summed E-state index contributed by atoms with van der Waals surface area (Å²) >= 11 is 0. The number of hydrogen-bond donors (Lipinski definition) is 2. The second-order valence-corrected chi connectivity index (χ2v) is 8.07. The summed E-state index contributed by atoms with van der Waals surface area (Å²) in [6.07, 6.45) is 5.60. The summed E-state index contributed by atoms with van der Waals surface area (Å²) in [6, 6.07) is 8.82. The van der Waals surface area contributed by atoms with E-state index < -0.39 is 0 Å². The Hall–Kier alpha value is -2.67. The molecule has 1 aromatic carbocycles. The number of benzene rings is 1. The first-order valence-electron chi connectivity index (χ1n) is 10.5. The predicted molar refractivity (Wildman–Crippen MR) is 112 cm³/mol. The number of rotatable bonds is 5. The monoisotopic (exact) mass is 396 g/mol. The molecule has 1 aromatic heterocycles. The van der Waals surface area contributed by atoms with E-state index in [1.807, 2.05) is 27.7 Å². The van der Waals surface area contributed by atoms with Gasteiger partial charge in [-0.05, 0) is 50.3 Å². The van der Waals surface area contributed by atoms with Crippen LogP contribution in [0.25, 0.3) is 10.9 Å². The van der Waals surface area contributed by atoms with E-state index in [0.717, 1.165) is 44.3 Å². The van der Waals surface area contributed by atoms with Crippen LogP contribution in [0.4, 0.5) is 0 Å². The Morgan fingerprint density at radius 3 is 2.83 bits per heavy atom. The zero-order valence-electron chi connectivity index (χ0n) is 16.6. The first-order chi connectivity index (χ1) is 14.1. The molecule has 0 aliphatic carbocycles. The lowest BCUT2D eigenvalue weighted by molar-refractivity contribution is -0.133. The quantitative estimate of drug-likeness (QED) is 0.793. The Morgan fingerprint density at radius 1 is 1.14 bits per heavy atom. The molecule has 2 amide bonds. The molecule has 2 N–H and O–H groups in total. The average molecular weight is 396 g/mol. The molecule has 3 heterocycles. The molecule has 2 atom stereocenters. The zero-order chi connectivity index (χ0) is 20.2. The standard InChI is InChI=1S/C22H28N4O3/c27-20-9-12-25(19-8-2-1-6-17(19)20)15-21(28)26-11-4-5-16(14-26)13-24-22(29)18-7-3-10-23-18/h1-2,6,8-9,12,16,18,23H,3-5,7,10-11,13-15H2,(H,24,29). The zero-order valence-corrected chi connectivity index (χ0v) is 16.6. The molecule has 29 heavy (non-hydrogen) atoms. The molecule has 2 aliphatic rings. The van der Waals surface area contributed by atoms with E-state index in [-0.39, 0.29) is 35.7 Å². The van der Waals surface area contributed by atoms with Crippen LogP contribution in [0.3, 0.4) is 0 Å². The Balaban J connectivity index is 1.36. The topological polar surface area (TPSA) is 83.4 Å². The van der Waals surface area contributed by atoms with Crippen molar-refractivity contribution in [2.75, 3.05) is 26.2 Å². The smallest absolute Gasteiger partial charge is 0.242 e. The number of carbonyl (C=O) groups excluding carboxylic acids is 2. The molecule has 2 aromatic rings. The second-order valence-electron chi connectivity index (χ2n) is 8.07. The number of nitrogens with zero attached hydrogens (tertiary/aromatic N) is 2. The number of para-hydroxylation sites is 1. The van der Waals surface area contributed by atoms with Gasteiger partial charge in [0.15, 0.2) is 5.43 Å².